The number of Topliss-reactive ketones (excluding diaryl/α,β-unsaturated/α-hetero) is 2. The second-order valence-corrected chi connectivity index (χ2v) is 3.85. The van der Waals surface area contributed by atoms with E-state index in [9.17, 15) is 9.59 Å². The molecule has 0 aromatic heterocycles. The van der Waals surface area contributed by atoms with Crippen LogP contribution in [0, 0.1) is 5.41 Å². The van der Waals surface area contributed by atoms with Crippen LogP contribution >= 0.6 is 15.9 Å². The van der Waals surface area contributed by atoms with Crippen molar-refractivity contribution in [3.63, 3.8) is 0 Å². The lowest BCUT2D eigenvalue weighted by Crippen LogP contribution is -2.25. The number of alkyl halides is 1. The van der Waals surface area contributed by atoms with Gasteiger partial charge in [-0.1, -0.05) is 29.8 Å². The first kappa shape index (κ1) is 10.8. The molecule has 0 saturated heterocycles. The highest BCUT2D eigenvalue weighted by molar-refractivity contribution is 9.09. The molecule has 0 rings (SSSR count). The number of hydrogen-bond acceptors (Lipinski definition) is 2. The second-order valence-electron chi connectivity index (χ2n) is 3.29. The fraction of sp³-hybridized carbons (Fsp3) is 0.750. The molecule has 0 unspecified atom stereocenters. The molecule has 0 amide bonds. The zero-order valence-electron chi connectivity index (χ0n) is 7.11. The molecule has 64 valence electrons. The summed E-state index contributed by atoms with van der Waals surface area (Å²) in [4.78, 5) is 21.9. The van der Waals surface area contributed by atoms with Crippen molar-refractivity contribution in [1.29, 1.82) is 0 Å². The van der Waals surface area contributed by atoms with Gasteiger partial charge in [0.05, 0.1) is 5.33 Å². The van der Waals surface area contributed by atoms with Crippen molar-refractivity contribution in [3.8, 4) is 0 Å². The highest BCUT2D eigenvalue weighted by atomic mass is 79.9. The van der Waals surface area contributed by atoms with E-state index in [0.29, 0.717) is 11.8 Å². The number of carbonyl (C=O) groups is 2. The third-order valence-electron chi connectivity index (χ3n) is 1.74. The molecule has 0 aliphatic rings. The smallest absolute Gasteiger partial charge is 0.144 e. The van der Waals surface area contributed by atoms with Crippen molar-refractivity contribution in [2.24, 2.45) is 5.41 Å². The summed E-state index contributed by atoms with van der Waals surface area (Å²) in [5, 5.41) is 0.337. The normalized spacial score (nSPS) is 11.3. The molecule has 0 atom stereocenters. The van der Waals surface area contributed by atoms with Gasteiger partial charge < -0.3 is 0 Å². The summed E-state index contributed by atoms with van der Waals surface area (Å²) in [5.74, 6) is 0.136. The molecule has 0 heterocycles. The van der Waals surface area contributed by atoms with Gasteiger partial charge in [0, 0.05) is 11.8 Å². The van der Waals surface area contributed by atoms with Crippen molar-refractivity contribution >= 4 is 27.5 Å². The third-order valence-corrected chi connectivity index (χ3v) is 2.37. The van der Waals surface area contributed by atoms with E-state index in [4.69, 9.17) is 0 Å². The van der Waals surface area contributed by atoms with Crippen molar-refractivity contribution in [1.82, 2.24) is 0 Å². The van der Waals surface area contributed by atoms with Gasteiger partial charge >= 0.3 is 0 Å². The van der Waals surface area contributed by atoms with Gasteiger partial charge in [-0.25, -0.2) is 0 Å². The number of ketones is 2. The summed E-state index contributed by atoms with van der Waals surface area (Å²) in [6, 6.07) is 0. The number of carbonyl (C=O) groups excluding carboxylic acids is 2. The zero-order valence-corrected chi connectivity index (χ0v) is 8.69. The van der Waals surface area contributed by atoms with Crippen LogP contribution in [0.4, 0.5) is 0 Å². The Morgan fingerprint density at radius 3 is 2.09 bits per heavy atom. The Hall–Kier alpha value is -0.180. The number of hydrogen-bond donors (Lipinski definition) is 0. The average Bonchev–Trinajstić information content (AvgIpc) is 1.86. The predicted molar refractivity (Wildman–Crippen MR) is 47.9 cm³/mol. The monoisotopic (exact) mass is 220 g/mol. The summed E-state index contributed by atoms with van der Waals surface area (Å²) in [6.07, 6.45) is 0.327. The van der Waals surface area contributed by atoms with Crippen molar-refractivity contribution in [2.45, 2.75) is 27.2 Å². The van der Waals surface area contributed by atoms with E-state index in [2.05, 4.69) is 15.9 Å². The maximum atomic E-state index is 10.9. The van der Waals surface area contributed by atoms with E-state index in [-0.39, 0.29) is 11.6 Å². The van der Waals surface area contributed by atoms with Gasteiger partial charge in [0.25, 0.3) is 0 Å². The first-order chi connectivity index (χ1) is 4.90. The lowest BCUT2D eigenvalue weighted by Gasteiger charge is -2.18. The Kier molecular flexibility index (Phi) is 3.93. The van der Waals surface area contributed by atoms with E-state index in [1.807, 2.05) is 0 Å². The van der Waals surface area contributed by atoms with Gasteiger partial charge in [-0.05, 0) is 6.92 Å². The van der Waals surface area contributed by atoms with Crippen LogP contribution in [0.2, 0.25) is 0 Å². The molecule has 0 radical (unpaired) electrons. The van der Waals surface area contributed by atoms with Crippen LogP contribution in [0.3, 0.4) is 0 Å². The molecular formula is C8H13BrO2. The minimum atomic E-state index is -0.495. The van der Waals surface area contributed by atoms with Crippen molar-refractivity contribution in [2.75, 3.05) is 5.33 Å². The SMILES string of the molecule is CC(=O)C(C)(C)CC(=O)CBr. The Morgan fingerprint density at radius 2 is 1.82 bits per heavy atom. The molecule has 0 aromatic rings. The molecule has 0 aromatic carbocycles. The summed E-state index contributed by atoms with van der Waals surface area (Å²) in [7, 11) is 0. The molecule has 0 bridgehead atoms. The lowest BCUT2D eigenvalue weighted by molar-refractivity contribution is -0.129. The highest BCUT2D eigenvalue weighted by Crippen LogP contribution is 2.21. The van der Waals surface area contributed by atoms with Crippen LogP contribution in [0.25, 0.3) is 0 Å². The van der Waals surface area contributed by atoms with Crippen LogP contribution in [0.5, 0.6) is 0 Å². The van der Waals surface area contributed by atoms with Gasteiger partial charge in [-0.3, -0.25) is 9.59 Å². The van der Waals surface area contributed by atoms with Crippen LogP contribution in [0.1, 0.15) is 27.2 Å². The molecule has 0 fully saturated rings. The third kappa shape index (κ3) is 3.65. The number of rotatable bonds is 4. The molecule has 3 heteroatoms. The first-order valence-corrected chi connectivity index (χ1v) is 4.61. The Balaban J connectivity index is 4.12. The Morgan fingerprint density at radius 1 is 1.36 bits per heavy atom. The zero-order chi connectivity index (χ0) is 9.07. The molecule has 2 nitrogen and oxygen atoms in total. The predicted octanol–water partition coefficient (Wildman–Crippen LogP) is 1.96. The van der Waals surface area contributed by atoms with Crippen molar-refractivity contribution < 1.29 is 9.59 Å². The van der Waals surface area contributed by atoms with Gasteiger partial charge in [0.15, 0.2) is 0 Å². The highest BCUT2D eigenvalue weighted by Gasteiger charge is 2.25. The summed E-state index contributed by atoms with van der Waals surface area (Å²) in [6.45, 7) is 5.09. The van der Waals surface area contributed by atoms with Gasteiger partial charge in [-0.2, -0.15) is 0 Å². The van der Waals surface area contributed by atoms with E-state index < -0.39 is 5.41 Å². The van der Waals surface area contributed by atoms with E-state index >= 15 is 0 Å². The maximum absolute atomic E-state index is 10.9. The fourth-order valence-electron chi connectivity index (χ4n) is 0.665. The largest absolute Gasteiger partial charge is 0.299 e. The first-order valence-electron chi connectivity index (χ1n) is 3.49. The van der Waals surface area contributed by atoms with E-state index in [1.165, 1.54) is 6.92 Å². The molecule has 0 spiro atoms. The Bertz CT molecular complexity index is 173. The van der Waals surface area contributed by atoms with Gasteiger partial charge in [0.1, 0.15) is 11.6 Å². The summed E-state index contributed by atoms with van der Waals surface area (Å²) in [5.41, 5.74) is -0.495. The van der Waals surface area contributed by atoms with Crippen LogP contribution in [-0.4, -0.2) is 16.9 Å². The molecule has 11 heavy (non-hydrogen) atoms. The maximum Gasteiger partial charge on any atom is 0.144 e. The molecule has 0 aliphatic heterocycles. The standard InChI is InChI=1S/C8H13BrO2/c1-6(10)8(2,3)4-7(11)5-9/h4-5H2,1-3H3. The fourth-order valence-corrected chi connectivity index (χ4v) is 0.863. The molecule has 0 aliphatic carbocycles. The topological polar surface area (TPSA) is 34.1 Å². The second kappa shape index (κ2) is 4.00. The quantitative estimate of drug-likeness (QED) is 0.680. The minimum absolute atomic E-state index is 0.0619. The molecular weight excluding hydrogens is 208 g/mol. The number of halogens is 1. The average molecular weight is 221 g/mol. The van der Waals surface area contributed by atoms with Gasteiger partial charge in [0.2, 0.25) is 0 Å². The van der Waals surface area contributed by atoms with Crippen LogP contribution in [0.15, 0.2) is 0 Å². The van der Waals surface area contributed by atoms with Gasteiger partial charge in [-0.15, -0.1) is 0 Å². The summed E-state index contributed by atoms with van der Waals surface area (Å²) < 4.78 is 0. The Labute approximate surface area is 75.5 Å². The summed E-state index contributed by atoms with van der Waals surface area (Å²) >= 11 is 3.06. The minimum Gasteiger partial charge on any atom is -0.299 e. The molecule has 0 saturated carbocycles. The van der Waals surface area contributed by atoms with Crippen LogP contribution in [-0.2, 0) is 9.59 Å². The molecule has 0 N–H and O–H groups in total. The van der Waals surface area contributed by atoms with E-state index in [0.717, 1.165) is 0 Å². The van der Waals surface area contributed by atoms with Crippen molar-refractivity contribution in [3.05, 3.63) is 0 Å². The van der Waals surface area contributed by atoms with Crippen LogP contribution < -0.4 is 0 Å². The van der Waals surface area contributed by atoms with E-state index in [1.54, 1.807) is 13.8 Å². The lowest BCUT2D eigenvalue weighted by atomic mass is 9.84.